The number of carbonyl (C=O) groups excluding carboxylic acids is 1. The van der Waals surface area contributed by atoms with E-state index in [9.17, 15) is 9.59 Å². The van der Waals surface area contributed by atoms with Crippen LogP contribution in [0.25, 0.3) is 27.8 Å². The standard InChI is InChI=1S/C16H15NO2.C9H6N2O.C9H11NO.C7H8O2.C5H11N/c1-10-8-13(9-11(2)18-10)12(3)16-17-14-6-4-5-7-15(14)19-16;10-6-5-9-11-7-3-1-2-4-8(7)12-9;1-10(2)9-5-3-8(7-11)4-6-9;1-5-3-7(8)4-6(2)9-5;1-2-4-6-5-3-1/h4-9H,1-3H3;1-4H,5H2;3-7H,1-2H3;3-4H,1-2H3;6H,1-5H2. The number of piperidine rings is 1. The molecule has 0 radical (unpaired) electrons. The molecular formula is C46H51N5O6. The molecule has 0 saturated carbocycles. The number of para-hydroxylation sites is 4. The van der Waals surface area contributed by atoms with Crippen LogP contribution < -0.4 is 15.6 Å². The number of hydrogen-bond donors (Lipinski definition) is 1. The lowest BCUT2D eigenvalue weighted by Crippen LogP contribution is -2.21. The van der Waals surface area contributed by atoms with Crippen LogP contribution in [-0.4, -0.2) is 43.4 Å². The smallest absolute Gasteiger partial charge is 0.223 e. The zero-order valence-electron chi connectivity index (χ0n) is 33.8. The highest BCUT2D eigenvalue weighted by Crippen LogP contribution is 2.28. The minimum atomic E-state index is 0.0104. The SMILES string of the molecule is C1CCNCC1.CC1=CC(=C(C)c2nc3ccccc3o2)C=C(C)O1.CN(C)c1ccc(C=O)cc1.Cc1cc(=O)cc(C)o1.N#CCc1nc2ccccc2o1. The molecule has 0 unspecified atom stereocenters. The van der Waals surface area contributed by atoms with E-state index in [4.69, 9.17) is 23.3 Å². The minimum Gasteiger partial charge on any atom is -0.467 e. The van der Waals surface area contributed by atoms with Gasteiger partial charge in [-0.1, -0.05) is 30.7 Å². The molecular weight excluding hydrogens is 719 g/mol. The number of benzene rings is 3. The largest absolute Gasteiger partial charge is 0.467 e. The lowest BCUT2D eigenvalue weighted by atomic mass is 10.1. The number of aromatic nitrogens is 2. The molecule has 11 nitrogen and oxygen atoms in total. The van der Waals surface area contributed by atoms with Crippen molar-refractivity contribution in [3.8, 4) is 6.07 Å². The highest BCUT2D eigenvalue weighted by atomic mass is 16.5. The zero-order valence-corrected chi connectivity index (χ0v) is 33.8. The van der Waals surface area contributed by atoms with Crippen molar-refractivity contribution in [2.45, 2.75) is 60.3 Å². The van der Waals surface area contributed by atoms with Crippen molar-refractivity contribution in [1.29, 1.82) is 5.26 Å². The van der Waals surface area contributed by atoms with Gasteiger partial charge in [-0.05, 0) is 127 Å². The first-order valence-electron chi connectivity index (χ1n) is 18.8. The molecule has 3 aromatic heterocycles. The van der Waals surface area contributed by atoms with Gasteiger partial charge in [0.15, 0.2) is 16.6 Å². The van der Waals surface area contributed by atoms with Gasteiger partial charge in [0.1, 0.15) is 46.8 Å². The first-order chi connectivity index (χ1) is 27.4. The fourth-order valence-corrected chi connectivity index (χ4v) is 5.64. The van der Waals surface area contributed by atoms with E-state index in [0.29, 0.717) is 23.3 Å². The number of aldehydes is 1. The fourth-order valence-electron chi connectivity index (χ4n) is 5.64. The van der Waals surface area contributed by atoms with Crippen LogP contribution in [0.4, 0.5) is 5.69 Å². The summed E-state index contributed by atoms with van der Waals surface area (Å²) in [6, 6.07) is 27.6. The van der Waals surface area contributed by atoms with Gasteiger partial charge in [-0.25, -0.2) is 9.97 Å². The Morgan fingerprint density at radius 2 is 1.35 bits per heavy atom. The van der Waals surface area contributed by atoms with E-state index in [1.165, 1.54) is 44.5 Å². The Hall–Kier alpha value is -6.51. The van der Waals surface area contributed by atoms with E-state index < -0.39 is 0 Å². The third-order valence-electron chi connectivity index (χ3n) is 8.42. The van der Waals surface area contributed by atoms with Gasteiger partial charge in [0.05, 0.1) is 6.07 Å². The van der Waals surface area contributed by atoms with Crippen molar-refractivity contribution in [3.05, 3.63) is 153 Å². The summed E-state index contributed by atoms with van der Waals surface area (Å²) < 4.78 is 21.6. The third-order valence-corrected chi connectivity index (χ3v) is 8.42. The lowest BCUT2D eigenvalue weighted by molar-refractivity contribution is 0.112. The number of anilines is 1. The molecule has 0 aliphatic carbocycles. The topological polar surface area (TPSA) is 148 Å². The Labute approximate surface area is 334 Å². The Kier molecular flexibility index (Phi) is 16.8. The molecule has 6 aromatic rings. The first kappa shape index (κ1) is 43.2. The molecule has 8 rings (SSSR count). The van der Waals surface area contributed by atoms with Crippen LogP contribution in [0.3, 0.4) is 0 Å². The summed E-state index contributed by atoms with van der Waals surface area (Å²) in [6.45, 7) is 11.9. The van der Waals surface area contributed by atoms with Gasteiger partial charge in [0.25, 0.3) is 0 Å². The van der Waals surface area contributed by atoms with E-state index in [-0.39, 0.29) is 11.8 Å². The highest BCUT2D eigenvalue weighted by Gasteiger charge is 2.13. The Bertz CT molecular complexity index is 2280. The van der Waals surface area contributed by atoms with Crippen molar-refractivity contribution < 1.29 is 22.8 Å². The molecule has 296 valence electrons. The third kappa shape index (κ3) is 14.3. The number of allylic oxidation sites excluding steroid dienone is 6. The zero-order chi connectivity index (χ0) is 41.2. The summed E-state index contributed by atoms with van der Waals surface area (Å²) in [4.78, 5) is 31.5. The number of ether oxygens (including phenoxy) is 1. The van der Waals surface area contributed by atoms with Crippen molar-refractivity contribution in [2.75, 3.05) is 32.1 Å². The number of nitriles is 1. The molecule has 11 heteroatoms. The molecule has 1 fully saturated rings. The Balaban J connectivity index is 0.000000166. The van der Waals surface area contributed by atoms with Gasteiger partial charge < -0.3 is 28.2 Å². The second-order valence-corrected chi connectivity index (χ2v) is 13.5. The minimum absolute atomic E-state index is 0.0104. The number of carbonyl (C=O) groups is 1. The van der Waals surface area contributed by atoms with Crippen LogP contribution in [0.15, 0.2) is 132 Å². The van der Waals surface area contributed by atoms with Crippen molar-refractivity contribution >= 4 is 39.7 Å². The number of nitrogens with one attached hydrogen (secondary N) is 1. The van der Waals surface area contributed by atoms with Gasteiger partial charge in [-0.3, -0.25) is 9.59 Å². The molecule has 3 aromatic carbocycles. The summed E-state index contributed by atoms with van der Waals surface area (Å²) in [5, 5.41) is 11.7. The lowest BCUT2D eigenvalue weighted by Gasteiger charge is -2.13. The second kappa shape index (κ2) is 22.1. The summed E-state index contributed by atoms with van der Waals surface area (Å²) >= 11 is 0. The maximum absolute atomic E-state index is 10.7. The summed E-state index contributed by atoms with van der Waals surface area (Å²) in [7, 11) is 3.94. The van der Waals surface area contributed by atoms with Crippen LogP contribution in [-0.2, 0) is 11.2 Å². The molecule has 0 bridgehead atoms. The van der Waals surface area contributed by atoms with E-state index >= 15 is 0 Å². The highest BCUT2D eigenvalue weighted by molar-refractivity contribution is 5.77. The molecule has 1 N–H and O–H groups in total. The number of oxazole rings is 2. The number of aryl methyl sites for hydroxylation is 2. The van der Waals surface area contributed by atoms with Crippen LogP contribution in [0.1, 0.15) is 73.7 Å². The quantitative estimate of drug-likeness (QED) is 0.171. The molecule has 5 heterocycles. The monoisotopic (exact) mass is 769 g/mol. The predicted octanol–water partition coefficient (Wildman–Crippen LogP) is 9.91. The number of rotatable bonds is 4. The molecule has 0 atom stereocenters. The molecule has 1 saturated heterocycles. The summed E-state index contributed by atoms with van der Waals surface area (Å²) in [5.41, 5.74) is 7.16. The average molecular weight is 770 g/mol. The van der Waals surface area contributed by atoms with E-state index in [1.807, 2.05) is 131 Å². The van der Waals surface area contributed by atoms with Crippen LogP contribution in [0.5, 0.6) is 0 Å². The molecule has 2 aliphatic rings. The van der Waals surface area contributed by atoms with Crippen LogP contribution >= 0.6 is 0 Å². The number of hydrogen-bond acceptors (Lipinski definition) is 11. The van der Waals surface area contributed by atoms with E-state index in [1.54, 1.807) is 13.8 Å². The fraction of sp³-hybridized carbons (Fsp3) is 0.283. The number of fused-ring (bicyclic) bond motifs is 2. The average Bonchev–Trinajstić information content (AvgIpc) is 3.83. The second-order valence-electron chi connectivity index (χ2n) is 13.5. The predicted molar refractivity (Wildman–Crippen MR) is 226 cm³/mol. The maximum Gasteiger partial charge on any atom is 0.223 e. The normalized spacial score (nSPS) is 12.9. The van der Waals surface area contributed by atoms with Gasteiger partial charge in [0, 0.05) is 43.1 Å². The maximum atomic E-state index is 10.7. The molecule has 0 spiro atoms. The summed E-state index contributed by atoms with van der Waals surface area (Å²) in [6.07, 6.45) is 9.29. The van der Waals surface area contributed by atoms with E-state index in [0.717, 1.165) is 62.4 Å². The van der Waals surface area contributed by atoms with E-state index in [2.05, 4.69) is 15.3 Å². The first-order valence-corrected chi connectivity index (χ1v) is 18.8. The van der Waals surface area contributed by atoms with Gasteiger partial charge >= 0.3 is 0 Å². The molecule has 0 amide bonds. The Morgan fingerprint density at radius 1 is 0.789 bits per heavy atom. The van der Waals surface area contributed by atoms with Gasteiger partial charge in [-0.15, -0.1) is 0 Å². The van der Waals surface area contributed by atoms with Crippen molar-refractivity contribution in [3.63, 3.8) is 0 Å². The number of nitrogens with zero attached hydrogens (tertiary/aromatic N) is 4. The van der Waals surface area contributed by atoms with Crippen molar-refractivity contribution in [1.82, 2.24) is 15.3 Å². The van der Waals surface area contributed by atoms with Crippen LogP contribution in [0, 0.1) is 25.2 Å². The summed E-state index contributed by atoms with van der Waals surface area (Å²) in [5.74, 6) is 4.24. The van der Waals surface area contributed by atoms with Crippen molar-refractivity contribution in [2.24, 2.45) is 0 Å². The molecule has 57 heavy (non-hydrogen) atoms. The van der Waals surface area contributed by atoms with Gasteiger partial charge in [-0.2, -0.15) is 5.26 Å². The van der Waals surface area contributed by atoms with Gasteiger partial charge in [0.2, 0.25) is 11.8 Å². The molecule has 2 aliphatic heterocycles. The Morgan fingerprint density at radius 3 is 1.81 bits per heavy atom. The van der Waals surface area contributed by atoms with Crippen LogP contribution in [0.2, 0.25) is 0 Å².